The molecule has 0 radical (unpaired) electrons. The Balaban J connectivity index is 6.41. The van der Waals surface area contributed by atoms with Crippen LogP contribution in [-0.2, 0) is 47.9 Å². The first-order chi connectivity index (χ1) is 36.4. The first kappa shape index (κ1) is 70.5. The number of carbonyl (C=O) groups is 10. The number of nitrogens with two attached hydrogens (primary N) is 7. The van der Waals surface area contributed by atoms with Crippen molar-refractivity contribution in [1.82, 2.24) is 42.5 Å². The van der Waals surface area contributed by atoms with Crippen molar-refractivity contribution < 1.29 is 58.2 Å². The second-order valence-electron chi connectivity index (χ2n) is 20.2. The lowest BCUT2D eigenvalue weighted by Crippen LogP contribution is -2.61. The van der Waals surface area contributed by atoms with E-state index in [0.29, 0.717) is 12.8 Å². The summed E-state index contributed by atoms with van der Waals surface area (Å²) in [7, 11) is 0. The minimum atomic E-state index is -1.55. The molecule has 0 aromatic rings. The molecule has 9 atom stereocenters. The molecular weight excluding hydrogens is 1020 g/mol. The minimum Gasteiger partial charge on any atom is -0.481 e. The number of hydrogen-bond donors (Lipinski definition) is 17. The lowest BCUT2D eigenvalue weighted by Gasteiger charge is -2.30. The number of nitrogens with zero attached hydrogens (tertiary/aromatic N) is 3. The summed E-state index contributed by atoms with van der Waals surface area (Å²) in [6.07, 6.45) is 0.319. The van der Waals surface area contributed by atoms with Crippen molar-refractivity contribution in [3.63, 3.8) is 0 Å². The van der Waals surface area contributed by atoms with E-state index in [1.54, 1.807) is 55.4 Å². The first-order valence-corrected chi connectivity index (χ1v) is 26.2. The highest BCUT2D eigenvalue weighted by atomic mass is 16.4. The fourth-order valence-electron chi connectivity index (χ4n) is 7.48. The maximum absolute atomic E-state index is 14.1. The molecule has 0 saturated carbocycles. The zero-order valence-corrected chi connectivity index (χ0v) is 46.4. The van der Waals surface area contributed by atoms with Gasteiger partial charge in [-0.25, -0.2) is 4.79 Å². The molecule has 24 N–H and O–H groups in total. The highest BCUT2D eigenvalue weighted by Crippen LogP contribution is 2.14. The van der Waals surface area contributed by atoms with Gasteiger partial charge in [-0.05, 0) is 81.5 Å². The molecule has 0 saturated heterocycles. The third-order valence-electron chi connectivity index (χ3n) is 11.9. The number of hydrogen-bond acceptors (Lipinski definition) is 14. The second-order valence-corrected chi connectivity index (χ2v) is 20.2. The van der Waals surface area contributed by atoms with Crippen LogP contribution in [0.5, 0.6) is 0 Å². The minimum absolute atomic E-state index is 0.00849. The third kappa shape index (κ3) is 30.3. The fourth-order valence-corrected chi connectivity index (χ4v) is 7.48. The number of amides is 8. The Labute approximate surface area is 456 Å². The van der Waals surface area contributed by atoms with Crippen LogP contribution in [0.1, 0.15) is 126 Å². The predicted molar refractivity (Wildman–Crippen MR) is 292 cm³/mol. The summed E-state index contributed by atoms with van der Waals surface area (Å²) in [6.45, 7) is 13.5. The maximum Gasteiger partial charge on any atom is 0.326 e. The Morgan fingerprint density at radius 2 is 0.859 bits per heavy atom. The maximum atomic E-state index is 14.1. The summed E-state index contributed by atoms with van der Waals surface area (Å²) < 4.78 is 0. The Morgan fingerprint density at radius 1 is 0.462 bits per heavy atom. The third-order valence-corrected chi connectivity index (χ3v) is 11.9. The normalized spacial score (nSPS) is 14.5. The van der Waals surface area contributed by atoms with Crippen LogP contribution in [0.15, 0.2) is 15.0 Å². The van der Waals surface area contributed by atoms with Crippen molar-refractivity contribution in [1.29, 1.82) is 0 Å². The van der Waals surface area contributed by atoms with Gasteiger partial charge in [0.15, 0.2) is 17.9 Å². The van der Waals surface area contributed by atoms with Crippen LogP contribution >= 0.6 is 0 Å². The van der Waals surface area contributed by atoms with Crippen LogP contribution in [0.4, 0.5) is 0 Å². The average molecular weight is 1110 g/mol. The van der Waals surface area contributed by atoms with Gasteiger partial charge in [-0.2, -0.15) is 0 Å². The largest absolute Gasteiger partial charge is 0.481 e. The SMILES string of the molecule is CC[C@H](C)[C@H](NC(=O)[C@@H](N)CCCN=C(N)N)C(=O)N[C@H](C(=O)N[C@@H](CCC(=O)O)C(=O)N[C@@H](CC(C)C)C(=O)N[C@@H](CC(C)C)C(=O)NCC(=O)N[C@@H](CCCN=C(N)N)C(=O)N[C@@H](CCCN=C(N)N)C(=O)O)C(C)C. The number of aliphatic carboxylic acids is 2. The van der Waals surface area contributed by atoms with E-state index < -0.39 is 139 Å². The van der Waals surface area contributed by atoms with Crippen LogP contribution < -0.4 is 82.7 Å². The Hall–Kier alpha value is -7.53. The molecule has 8 amide bonds. The fraction of sp³-hybridized carbons (Fsp3) is 0.729. The Kier molecular flexibility index (Phi) is 33.7. The topological polar surface area (TPSA) is 527 Å². The second kappa shape index (κ2) is 37.3. The summed E-state index contributed by atoms with van der Waals surface area (Å²) in [5, 5.41) is 39.8. The van der Waals surface area contributed by atoms with Gasteiger partial charge in [0.2, 0.25) is 47.3 Å². The molecule has 0 fully saturated rings. The van der Waals surface area contributed by atoms with E-state index in [1.165, 1.54) is 0 Å². The molecule has 444 valence electrons. The molecule has 0 spiro atoms. The van der Waals surface area contributed by atoms with Gasteiger partial charge >= 0.3 is 11.9 Å². The van der Waals surface area contributed by atoms with Gasteiger partial charge in [0, 0.05) is 26.1 Å². The van der Waals surface area contributed by atoms with Gasteiger partial charge in [-0.15, -0.1) is 0 Å². The standard InChI is InChI=1S/C48H90N18O12/c1-9-27(8)37(66-38(70)28(49)13-10-18-56-46(50)51)44(76)65-36(26(6)7)43(75)61-30(16-17-35(68)69)41(73)64-33(22-25(4)5)42(74)63-32(21-24(2)3)39(71)59-23-34(67)60-29(14-11-19-57-47(52)53)40(72)62-31(45(77)78)15-12-20-58-48(54)55/h24-33,36-37H,9-23,49H2,1-8H3,(H,59,71)(H,60,67)(H,61,75)(H,62,72)(H,63,74)(H,64,73)(H,65,76)(H,66,70)(H,68,69)(H,77,78)(H4,50,51,56)(H4,52,53,57)(H4,54,55,58)/t27-,28-,29-,30-,31-,32-,33-,36-,37-/m0/s1. The Bertz CT molecular complexity index is 2080. The molecule has 0 aromatic heterocycles. The first-order valence-electron chi connectivity index (χ1n) is 26.2. The smallest absolute Gasteiger partial charge is 0.326 e. The van der Waals surface area contributed by atoms with Crippen LogP contribution in [0.3, 0.4) is 0 Å². The van der Waals surface area contributed by atoms with E-state index in [9.17, 15) is 58.2 Å². The number of carboxylic acid groups (broad SMARTS) is 2. The highest BCUT2D eigenvalue weighted by Gasteiger charge is 2.36. The van der Waals surface area contributed by atoms with E-state index in [1.807, 2.05) is 0 Å². The van der Waals surface area contributed by atoms with E-state index >= 15 is 0 Å². The van der Waals surface area contributed by atoms with Crippen LogP contribution in [-0.4, -0.2) is 162 Å². The van der Waals surface area contributed by atoms with E-state index in [-0.39, 0.29) is 94.3 Å². The molecule has 30 nitrogen and oxygen atoms in total. The van der Waals surface area contributed by atoms with Crippen molar-refractivity contribution in [3.05, 3.63) is 0 Å². The molecule has 0 unspecified atom stereocenters. The molecule has 0 heterocycles. The Morgan fingerprint density at radius 3 is 1.29 bits per heavy atom. The molecule has 30 heteroatoms. The van der Waals surface area contributed by atoms with E-state index in [2.05, 4.69) is 57.5 Å². The quantitative estimate of drug-likeness (QED) is 0.0157. The van der Waals surface area contributed by atoms with Gasteiger partial charge < -0.3 is 92.9 Å². The molecule has 78 heavy (non-hydrogen) atoms. The average Bonchev–Trinajstić information content (AvgIpc) is 3.34. The number of carbonyl (C=O) groups excluding carboxylic acids is 8. The predicted octanol–water partition coefficient (Wildman–Crippen LogP) is -4.27. The molecule has 0 aliphatic rings. The number of nitrogens with one attached hydrogen (secondary N) is 8. The van der Waals surface area contributed by atoms with Crippen molar-refractivity contribution in [2.45, 2.75) is 174 Å². The zero-order valence-electron chi connectivity index (χ0n) is 46.4. The van der Waals surface area contributed by atoms with E-state index in [0.717, 1.165) is 0 Å². The van der Waals surface area contributed by atoms with Gasteiger partial charge in [0.25, 0.3) is 0 Å². The number of guanidine groups is 3. The number of aliphatic imine (C=N–C) groups is 3. The summed E-state index contributed by atoms with van der Waals surface area (Å²) >= 11 is 0. The number of rotatable bonds is 39. The monoisotopic (exact) mass is 1110 g/mol. The van der Waals surface area contributed by atoms with Gasteiger partial charge in [-0.3, -0.25) is 58.1 Å². The summed E-state index contributed by atoms with van der Waals surface area (Å²) in [5.74, 6) is -11.2. The van der Waals surface area contributed by atoms with Gasteiger partial charge in [0.1, 0.15) is 42.3 Å². The lowest BCUT2D eigenvalue weighted by molar-refractivity contribution is -0.142. The summed E-state index contributed by atoms with van der Waals surface area (Å²) in [6, 6.07) is -10.3. The molecule has 0 rings (SSSR count). The van der Waals surface area contributed by atoms with Crippen molar-refractivity contribution in [2.75, 3.05) is 26.2 Å². The molecule has 0 aliphatic carbocycles. The van der Waals surface area contributed by atoms with Crippen molar-refractivity contribution in [3.8, 4) is 0 Å². The number of carboxylic acids is 2. The van der Waals surface area contributed by atoms with Gasteiger partial charge in [-0.1, -0.05) is 61.8 Å². The van der Waals surface area contributed by atoms with Gasteiger partial charge in [0.05, 0.1) is 12.6 Å². The summed E-state index contributed by atoms with van der Waals surface area (Å²) in [4.78, 5) is 145. The van der Waals surface area contributed by atoms with Crippen molar-refractivity contribution >= 4 is 77.1 Å². The highest BCUT2D eigenvalue weighted by molar-refractivity contribution is 5.98. The summed E-state index contributed by atoms with van der Waals surface area (Å²) in [5.41, 5.74) is 38.3. The molecule has 0 aliphatic heterocycles. The van der Waals surface area contributed by atoms with E-state index in [4.69, 9.17) is 40.1 Å². The lowest BCUT2D eigenvalue weighted by atomic mass is 9.95. The van der Waals surface area contributed by atoms with Crippen molar-refractivity contribution in [2.24, 2.45) is 78.8 Å². The zero-order chi connectivity index (χ0) is 59.8. The van der Waals surface area contributed by atoms with Crippen LogP contribution in [0.25, 0.3) is 0 Å². The van der Waals surface area contributed by atoms with Crippen LogP contribution in [0.2, 0.25) is 0 Å². The molecule has 0 bridgehead atoms. The molecular formula is C48H90N18O12. The van der Waals surface area contributed by atoms with Crippen LogP contribution in [0, 0.1) is 23.7 Å². The molecule has 0 aromatic carbocycles.